The number of hydrogen-bond donors (Lipinski definition) is 2. The Hall–Kier alpha value is -0.120. The predicted octanol–water partition coefficient (Wildman–Crippen LogP) is 2.39. The highest BCUT2D eigenvalue weighted by atomic mass is 16.3. The van der Waals surface area contributed by atoms with E-state index in [1.54, 1.807) is 0 Å². The molecule has 0 bridgehead atoms. The molecule has 0 aromatic rings. The van der Waals surface area contributed by atoms with Gasteiger partial charge >= 0.3 is 0 Å². The van der Waals surface area contributed by atoms with Crippen molar-refractivity contribution in [3.05, 3.63) is 0 Å². The molecule has 18 heavy (non-hydrogen) atoms. The summed E-state index contributed by atoms with van der Waals surface area (Å²) in [5.41, 5.74) is 0. The molecule has 2 N–H and O–H groups in total. The minimum absolute atomic E-state index is 0.275. The van der Waals surface area contributed by atoms with Gasteiger partial charge < -0.3 is 15.3 Å². The quantitative estimate of drug-likeness (QED) is 0.557. The van der Waals surface area contributed by atoms with Crippen molar-refractivity contribution < 1.29 is 5.11 Å². The van der Waals surface area contributed by atoms with E-state index in [2.05, 4.69) is 31.0 Å². The number of nitrogens with one attached hydrogen (secondary N) is 1. The summed E-state index contributed by atoms with van der Waals surface area (Å²) in [7, 11) is 0. The molecule has 3 nitrogen and oxygen atoms in total. The van der Waals surface area contributed by atoms with Gasteiger partial charge in [-0.05, 0) is 52.6 Å². The number of rotatable bonds is 11. The van der Waals surface area contributed by atoms with E-state index in [4.69, 9.17) is 0 Å². The molecule has 0 saturated heterocycles. The van der Waals surface area contributed by atoms with Crippen molar-refractivity contribution in [1.29, 1.82) is 0 Å². The SMILES string of the molecule is CCCCCN(CCC(CO)NC1CC1)C(C)C. The van der Waals surface area contributed by atoms with Gasteiger partial charge in [0.15, 0.2) is 0 Å². The zero-order chi connectivity index (χ0) is 13.4. The number of unbranched alkanes of at least 4 members (excludes halogenated alkanes) is 2. The molecule has 0 heterocycles. The highest BCUT2D eigenvalue weighted by Gasteiger charge is 2.24. The average molecular weight is 256 g/mol. The molecule has 1 aliphatic rings. The number of aliphatic hydroxyl groups excluding tert-OH is 1. The van der Waals surface area contributed by atoms with E-state index in [1.165, 1.54) is 38.6 Å². The van der Waals surface area contributed by atoms with Crippen molar-refractivity contribution in [3.8, 4) is 0 Å². The van der Waals surface area contributed by atoms with Crippen molar-refractivity contribution in [3.63, 3.8) is 0 Å². The predicted molar refractivity (Wildman–Crippen MR) is 77.9 cm³/mol. The Morgan fingerprint density at radius 2 is 1.94 bits per heavy atom. The van der Waals surface area contributed by atoms with Crippen LogP contribution in [0.4, 0.5) is 0 Å². The van der Waals surface area contributed by atoms with Crippen LogP contribution in [0.2, 0.25) is 0 Å². The third-order valence-corrected chi connectivity index (χ3v) is 3.81. The molecule has 1 unspecified atom stereocenters. The number of aliphatic hydroxyl groups is 1. The standard InChI is InChI=1S/C15H32N2O/c1-4-5-6-10-17(13(2)3)11-9-15(12-18)16-14-7-8-14/h13-16,18H,4-12H2,1-3H3. The summed E-state index contributed by atoms with van der Waals surface area (Å²) >= 11 is 0. The third-order valence-electron chi connectivity index (χ3n) is 3.81. The van der Waals surface area contributed by atoms with Crippen LogP contribution in [0.15, 0.2) is 0 Å². The number of nitrogens with zero attached hydrogens (tertiary/aromatic N) is 1. The van der Waals surface area contributed by atoms with E-state index < -0.39 is 0 Å². The first-order valence-electron chi connectivity index (χ1n) is 7.78. The lowest BCUT2D eigenvalue weighted by Crippen LogP contribution is -2.40. The molecule has 0 radical (unpaired) electrons. The van der Waals surface area contributed by atoms with Gasteiger partial charge in [-0.25, -0.2) is 0 Å². The lowest BCUT2D eigenvalue weighted by Gasteiger charge is -2.28. The van der Waals surface area contributed by atoms with Gasteiger partial charge in [0.1, 0.15) is 0 Å². The Morgan fingerprint density at radius 1 is 1.22 bits per heavy atom. The molecule has 1 rings (SSSR count). The highest BCUT2D eigenvalue weighted by molar-refractivity contribution is 4.85. The van der Waals surface area contributed by atoms with E-state index in [-0.39, 0.29) is 6.61 Å². The monoisotopic (exact) mass is 256 g/mol. The molecule has 1 fully saturated rings. The normalized spacial score (nSPS) is 17.7. The molecule has 1 aliphatic carbocycles. The summed E-state index contributed by atoms with van der Waals surface area (Å²) in [4.78, 5) is 2.55. The van der Waals surface area contributed by atoms with Crippen LogP contribution in [-0.4, -0.2) is 47.8 Å². The molecule has 1 atom stereocenters. The fourth-order valence-corrected chi connectivity index (χ4v) is 2.33. The maximum atomic E-state index is 9.39. The Bertz CT molecular complexity index is 205. The van der Waals surface area contributed by atoms with Gasteiger partial charge in [0.25, 0.3) is 0 Å². The van der Waals surface area contributed by atoms with Gasteiger partial charge in [0, 0.05) is 18.1 Å². The molecular formula is C15H32N2O. The van der Waals surface area contributed by atoms with Crippen molar-refractivity contribution in [2.75, 3.05) is 19.7 Å². The van der Waals surface area contributed by atoms with E-state index in [1.807, 2.05) is 0 Å². The third kappa shape index (κ3) is 6.72. The fraction of sp³-hybridized carbons (Fsp3) is 1.00. The van der Waals surface area contributed by atoms with Gasteiger partial charge in [-0.2, -0.15) is 0 Å². The maximum Gasteiger partial charge on any atom is 0.0585 e. The van der Waals surface area contributed by atoms with Crippen LogP contribution in [0.1, 0.15) is 59.3 Å². The Balaban J connectivity index is 2.20. The highest BCUT2D eigenvalue weighted by Crippen LogP contribution is 2.20. The molecule has 1 saturated carbocycles. The van der Waals surface area contributed by atoms with E-state index in [0.717, 1.165) is 13.0 Å². The molecule has 0 amide bonds. The Kier molecular flexibility index (Phi) is 7.87. The second kappa shape index (κ2) is 8.89. The van der Waals surface area contributed by atoms with Crippen molar-refractivity contribution in [2.24, 2.45) is 0 Å². The molecule has 108 valence electrons. The van der Waals surface area contributed by atoms with Crippen molar-refractivity contribution in [1.82, 2.24) is 10.2 Å². The lowest BCUT2D eigenvalue weighted by atomic mass is 10.1. The van der Waals surface area contributed by atoms with Crippen LogP contribution in [0, 0.1) is 0 Å². The molecule has 0 spiro atoms. The van der Waals surface area contributed by atoms with Gasteiger partial charge in [0.2, 0.25) is 0 Å². The van der Waals surface area contributed by atoms with Crippen molar-refractivity contribution >= 4 is 0 Å². The van der Waals surface area contributed by atoms with Crippen LogP contribution < -0.4 is 5.32 Å². The fourth-order valence-electron chi connectivity index (χ4n) is 2.33. The molecule has 0 aliphatic heterocycles. The summed E-state index contributed by atoms with van der Waals surface area (Å²) in [5, 5.41) is 12.9. The molecular weight excluding hydrogens is 224 g/mol. The number of hydrogen-bond acceptors (Lipinski definition) is 3. The summed E-state index contributed by atoms with van der Waals surface area (Å²) in [6.45, 7) is 9.38. The van der Waals surface area contributed by atoms with Gasteiger partial charge in [-0.15, -0.1) is 0 Å². The van der Waals surface area contributed by atoms with Crippen LogP contribution in [0.25, 0.3) is 0 Å². The zero-order valence-corrected chi connectivity index (χ0v) is 12.5. The van der Waals surface area contributed by atoms with Gasteiger partial charge in [0.05, 0.1) is 6.61 Å². The Labute approximate surface area is 113 Å². The van der Waals surface area contributed by atoms with E-state index >= 15 is 0 Å². The first kappa shape index (κ1) is 15.9. The molecule has 3 heteroatoms. The van der Waals surface area contributed by atoms with Crippen LogP contribution in [-0.2, 0) is 0 Å². The Morgan fingerprint density at radius 3 is 2.44 bits per heavy atom. The van der Waals surface area contributed by atoms with Gasteiger partial charge in [-0.3, -0.25) is 0 Å². The minimum atomic E-state index is 0.275. The van der Waals surface area contributed by atoms with Crippen LogP contribution >= 0.6 is 0 Å². The second-order valence-electron chi connectivity index (χ2n) is 5.95. The first-order chi connectivity index (χ1) is 8.67. The zero-order valence-electron chi connectivity index (χ0n) is 12.5. The van der Waals surface area contributed by atoms with E-state index in [0.29, 0.717) is 18.1 Å². The summed E-state index contributed by atoms with van der Waals surface area (Å²) in [6.07, 6.45) is 7.56. The summed E-state index contributed by atoms with van der Waals surface area (Å²) in [5.74, 6) is 0. The van der Waals surface area contributed by atoms with E-state index in [9.17, 15) is 5.11 Å². The first-order valence-corrected chi connectivity index (χ1v) is 7.78. The van der Waals surface area contributed by atoms with Crippen LogP contribution in [0.5, 0.6) is 0 Å². The second-order valence-corrected chi connectivity index (χ2v) is 5.95. The van der Waals surface area contributed by atoms with Gasteiger partial charge in [-0.1, -0.05) is 19.8 Å². The lowest BCUT2D eigenvalue weighted by molar-refractivity contribution is 0.180. The minimum Gasteiger partial charge on any atom is -0.395 e. The largest absolute Gasteiger partial charge is 0.395 e. The summed E-state index contributed by atoms with van der Waals surface area (Å²) < 4.78 is 0. The maximum absolute atomic E-state index is 9.39. The molecule has 0 aromatic carbocycles. The molecule has 0 aromatic heterocycles. The topological polar surface area (TPSA) is 35.5 Å². The van der Waals surface area contributed by atoms with Crippen molar-refractivity contribution in [2.45, 2.75) is 77.4 Å². The van der Waals surface area contributed by atoms with Crippen LogP contribution in [0.3, 0.4) is 0 Å². The average Bonchev–Trinajstić information content (AvgIpc) is 3.15. The smallest absolute Gasteiger partial charge is 0.0585 e. The summed E-state index contributed by atoms with van der Waals surface area (Å²) in [6, 6.07) is 1.60.